The van der Waals surface area contributed by atoms with E-state index >= 15 is 0 Å². The van der Waals surface area contributed by atoms with Gasteiger partial charge < -0.3 is 19.7 Å². The highest BCUT2D eigenvalue weighted by atomic mass is 80.0. The van der Waals surface area contributed by atoms with Gasteiger partial charge in [-0.25, -0.2) is 4.98 Å². The minimum atomic E-state index is -1.01. The lowest BCUT2D eigenvalue weighted by Gasteiger charge is -2.23. The number of halogens is 5. The Morgan fingerprint density at radius 2 is 1.85 bits per heavy atom. The number of rotatable bonds is 12. The van der Waals surface area contributed by atoms with E-state index in [4.69, 9.17) is 21.1 Å². The highest BCUT2D eigenvalue weighted by molar-refractivity contribution is 9.40. The first-order chi connectivity index (χ1) is 22.6. The fraction of sp³-hybridized carbons (Fsp3) is 0.364. The molecule has 1 aromatic heterocycles. The monoisotopic (exact) mass is 931 g/mol. The van der Waals surface area contributed by atoms with Gasteiger partial charge in [-0.1, -0.05) is 126 Å². The number of nitrogens with zero attached hydrogens (tertiary/aromatic N) is 4. The van der Waals surface area contributed by atoms with Crippen molar-refractivity contribution in [1.82, 2.24) is 15.2 Å². The van der Waals surface area contributed by atoms with Gasteiger partial charge in [-0.2, -0.15) is 5.26 Å². The number of hydrogen-bond donors (Lipinski definition) is 1. The molecule has 0 spiro atoms. The summed E-state index contributed by atoms with van der Waals surface area (Å²) in [5, 5.41) is 23.4. The smallest absolute Gasteiger partial charge is 0.311 e. The summed E-state index contributed by atoms with van der Waals surface area (Å²) >= 11 is 19.9. The van der Waals surface area contributed by atoms with Gasteiger partial charge in [-0.3, -0.25) is 14.9 Å². The van der Waals surface area contributed by atoms with Crippen LogP contribution in [0.15, 0.2) is 84.9 Å². The molecule has 15 heteroatoms. The topological polar surface area (TPSA) is 131 Å². The van der Waals surface area contributed by atoms with Crippen LogP contribution in [0.1, 0.15) is 38.0 Å². The summed E-state index contributed by atoms with van der Waals surface area (Å²) in [6.07, 6.45) is 1.60. The van der Waals surface area contributed by atoms with Gasteiger partial charge >= 0.3 is 5.97 Å². The lowest BCUT2D eigenvalue weighted by atomic mass is 10.1. The molecule has 1 heterocycles. The molecule has 1 fully saturated rings. The van der Waals surface area contributed by atoms with Gasteiger partial charge in [0.05, 0.1) is 15.7 Å². The average Bonchev–Trinajstić information content (AvgIpc) is 3.63. The molecule has 0 saturated heterocycles. The van der Waals surface area contributed by atoms with Gasteiger partial charge in [0.2, 0.25) is 6.10 Å². The van der Waals surface area contributed by atoms with Crippen molar-refractivity contribution >= 4 is 81.3 Å². The SMILES string of the molecule is CC1(C)[C@H](C(=O)O[C@H](C#N)c2cccc(Oc3ccccc3)c2)[C@@H]1C(Br)C(Br)(Br)Br.CCN(Cc1ccc(Cl)nc1)/C(=C/[N+](=O)[O-])NC. The standard InChI is InChI=1S/C22H19Br4NO3.C11H15ClN4O2/c1-21(2)17(19(23)22(24,25)26)18(21)20(28)30-16(12-27)13-7-6-10-15(11-13)29-14-8-4-3-5-9-14;1-3-15(11(13-2)8-16(17)18)7-9-4-5-10(12)14-6-9/h3-11,16-19H,1-2H3;4-6,8,13H,3,7H2,1-2H3/b;11-8+/t16-,17-,18+,19?;/m1./s1. The molecular weight excluding hydrogens is 901 g/mol. The number of esters is 1. The number of aromatic nitrogens is 1. The first kappa shape index (κ1) is 39.7. The molecule has 4 atom stereocenters. The Hall–Kier alpha value is -2.70. The zero-order valence-electron chi connectivity index (χ0n) is 26.4. The number of carbonyl (C=O) groups is 1. The summed E-state index contributed by atoms with van der Waals surface area (Å²) in [6, 6.07) is 22.0. The Labute approximate surface area is 318 Å². The molecular formula is C33H34Br4ClN5O5. The Bertz CT molecular complexity index is 1620. The normalized spacial score (nSPS) is 17.8. The minimum absolute atomic E-state index is 0.0233. The van der Waals surface area contributed by atoms with Crippen molar-refractivity contribution in [3.63, 3.8) is 0 Å². The van der Waals surface area contributed by atoms with Gasteiger partial charge in [0.25, 0.3) is 6.20 Å². The van der Waals surface area contributed by atoms with E-state index in [1.54, 1.807) is 43.6 Å². The molecule has 3 aromatic rings. The van der Waals surface area contributed by atoms with E-state index in [9.17, 15) is 20.2 Å². The van der Waals surface area contributed by atoms with Crippen LogP contribution in [0, 0.1) is 38.7 Å². The van der Waals surface area contributed by atoms with Crippen LogP contribution in [0.3, 0.4) is 0 Å². The maximum Gasteiger partial charge on any atom is 0.311 e. The Balaban J connectivity index is 0.000000297. The number of nitro groups is 1. The predicted molar refractivity (Wildman–Crippen MR) is 200 cm³/mol. The van der Waals surface area contributed by atoms with Gasteiger partial charge in [0.1, 0.15) is 24.9 Å². The summed E-state index contributed by atoms with van der Waals surface area (Å²) in [5.41, 5.74) is 1.25. The Morgan fingerprint density at radius 1 is 1.19 bits per heavy atom. The molecule has 10 nitrogen and oxygen atoms in total. The quantitative estimate of drug-likeness (QED) is 0.0621. The summed E-state index contributed by atoms with van der Waals surface area (Å²) in [7, 11) is 1.65. The van der Waals surface area contributed by atoms with Crippen molar-refractivity contribution in [1.29, 1.82) is 5.26 Å². The number of benzene rings is 2. The number of ether oxygens (including phenoxy) is 2. The van der Waals surface area contributed by atoms with Crippen molar-refractivity contribution in [3.05, 3.63) is 111 Å². The minimum Gasteiger partial charge on any atom is -0.457 e. The Morgan fingerprint density at radius 3 is 2.40 bits per heavy atom. The zero-order valence-corrected chi connectivity index (χ0v) is 33.5. The van der Waals surface area contributed by atoms with Crippen molar-refractivity contribution < 1.29 is 19.2 Å². The second-order valence-corrected chi connectivity index (χ2v) is 19.6. The molecule has 256 valence electrons. The Kier molecular flexibility index (Phi) is 14.7. The summed E-state index contributed by atoms with van der Waals surface area (Å²) in [4.78, 5) is 28.7. The third kappa shape index (κ3) is 11.2. The second-order valence-electron chi connectivity index (χ2n) is 11.3. The highest BCUT2D eigenvalue weighted by Gasteiger charge is 2.67. The molecule has 0 bridgehead atoms. The lowest BCUT2D eigenvalue weighted by molar-refractivity contribution is -0.404. The number of nitrogens with one attached hydrogen (secondary N) is 1. The maximum absolute atomic E-state index is 12.9. The van der Waals surface area contributed by atoms with Gasteiger partial charge in [0.15, 0.2) is 5.82 Å². The third-order valence-corrected chi connectivity index (χ3v) is 12.5. The number of nitriles is 1. The molecule has 0 amide bonds. The van der Waals surface area contributed by atoms with E-state index < -0.39 is 13.2 Å². The van der Waals surface area contributed by atoms with Crippen molar-refractivity contribution in [3.8, 4) is 17.6 Å². The summed E-state index contributed by atoms with van der Waals surface area (Å²) in [6.45, 7) is 7.14. The van der Waals surface area contributed by atoms with E-state index in [0.29, 0.717) is 41.1 Å². The fourth-order valence-electron chi connectivity index (χ4n) is 5.09. The summed E-state index contributed by atoms with van der Waals surface area (Å²) in [5.74, 6) is 1.03. The summed E-state index contributed by atoms with van der Waals surface area (Å²) < 4.78 is 10.9. The molecule has 4 rings (SSSR count). The molecule has 48 heavy (non-hydrogen) atoms. The van der Waals surface area contributed by atoms with Crippen molar-refractivity contribution in [2.75, 3.05) is 13.6 Å². The highest BCUT2D eigenvalue weighted by Crippen LogP contribution is 2.66. The molecule has 0 radical (unpaired) electrons. The number of para-hydroxylation sites is 1. The number of alkyl halides is 4. The van der Waals surface area contributed by atoms with Crippen LogP contribution in [0.2, 0.25) is 5.15 Å². The fourth-order valence-corrected chi connectivity index (χ4v) is 7.05. The molecule has 1 aliphatic rings. The maximum atomic E-state index is 12.9. The number of hydrogen-bond acceptors (Lipinski definition) is 9. The molecule has 1 unspecified atom stereocenters. The van der Waals surface area contributed by atoms with Crippen LogP contribution < -0.4 is 10.1 Å². The van der Waals surface area contributed by atoms with Crippen LogP contribution in [0.4, 0.5) is 0 Å². The molecule has 0 aliphatic heterocycles. The molecule has 1 N–H and O–H groups in total. The van der Waals surface area contributed by atoms with Crippen LogP contribution in [0.25, 0.3) is 0 Å². The molecule has 1 aliphatic carbocycles. The largest absolute Gasteiger partial charge is 0.457 e. The van der Waals surface area contributed by atoms with E-state index in [1.807, 2.05) is 62.1 Å². The zero-order chi connectivity index (χ0) is 35.6. The van der Waals surface area contributed by atoms with Gasteiger partial charge in [-0.15, -0.1) is 0 Å². The first-order valence-corrected chi connectivity index (χ1v) is 18.3. The number of pyridine rings is 1. The van der Waals surface area contributed by atoms with Crippen LogP contribution in [-0.4, -0.2) is 41.3 Å². The molecule has 2 aromatic carbocycles. The van der Waals surface area contributed by atoms with E-state index in [-0.39, 0.29) is 28.0 Å². The van der Waals surface area contributed by atoms with E-state index in [2.05, 4.69) is 80.1 Å². The first-order valence-electron chi connectivity index (χ1n) is 14.6. The van der Waals surface area contributed by atoms with Crippen molar-refractivity contribution in [2.45, 2.75) is 40.4 Å². The third-order valence-electron chi connectivity index (χ3n) is 7.65. The number of carbonyl (C=O) groups excluding carboxylic acids is 1. The van der Waals surface area contributed by atoms with E-state index in [0.717, 1.165) is 11.8 Å². The van der Waals surface area contributed by atoms with Gasteiger partial charge in [0, 0.05) is 31.9 Å². The molecule has 1 saturated carbocycles. The van der Waals surface area contributed by atoms with Crippen LogP contribution in [0.5, 0.6) is 11.5 Å². The van der Waals surface area contributed by atoms with E-state index in [1.165, 1.54) is 0 Å². The van der Waals surface area contributed by atoms with Gasteiger partial charge in [-0.05, 0) is 54.2 Å². The van der Waals surface area contributed by atoms with Crippen LogP contribution in [-0.2, 0) is 16.1 Å². The second kappa shape index (κ2) is 17.8. The lowest BCUT2D eigenvalue weighted by Crippen LogP contribution is -2.30. The van der Waals surface area contributed by atoms with Crippen molar-refractivity contribution in [2.24, 2.45) is 17.3 Å². The predicted octanol–water partition coefficient (Wildman–Crippen LogP) is 9.31. The van der Waals surface area contributed by atoms with Crippen LogP contribution >= 0.6 is 75.3 Å². The average molecular weight is 936 g/mol.